The van der Waals surface area contributed by atoms with Gasteiger partial charge in [-0.25, -0.2) is 49.8 Å². The Hall–Kier alpha value is -18.8. The van der Waals surface area contributed by atoms with E-state index in [-0.39, 0.29) is 5.41 Å². The molecule has 662 valence electrons. The Morgan fingerprint density at radius 2 is 0.532 bits per heavy atom. The number of rotatable bonds is 14. The summed E-state index contributed by atoms with van der Waals surface area (Å²) in [5.41, 5.74) is 26.6. The summed E-state index contributed by atoms with van der Waals surface area (Å²) in [5, 5.41) is 14.1. The number of benzene rings is 21. The number of fused-ring (bicyclic) bond motifs is 12. The second-order valence-corrected chi connectivity index (χ2v) is 36.0. The quantitative estimate of drug-likeness (QED) is 0.102. The second-order valence-electron chi connectivity index (χ2n) is 36.0. The van der Waals surface area contributed by atoms with Gasteiger partial charge in [-0.2, -0.15) is 0 Å². The van der Waals surface area contributed by atoms with Crippen LogP contribution in [-0.2, 0) is 5.41 Å². The van der Waals surface area contributed by atoms with E-state index in [1.54, 1.807) is 0 Å². The summed E-state index contributed by atoms with van der Waals surface area (Å²) in [6, 6.07) is 167. The van der Waals surface area contributed by atoms with E-state index in [1.807, 2.05) is 200 Å². The van der Waals surface area contributed by atoms with Crippen LogP contribution in [0.25, 0.3) is 251 Å². The second kappa shape index (κ2) is 35.8. The zero-order valence-electron chi connectivity index (χ0n) is 76.9. The van der Waals surface area contributed by atoms with E-state index in [0.717, 1.165) is 122 Å². The molecule has 1 aliphatic rings. The van der Waals surface area contributed by atoms with Crippen molar-refractivity contribution in [1.82, 2.24) is 54.4 Å². The molecule has 141 heavy (non-hydrogen) atoms. The van der Waals surface area contributed by atoms with Gasteiger partial charge < -0.3 is 8.98 Å². The van der Waals surface area contributed by atoms with Crippen LogP contribution in [0.3, 0.4) is 0 Å². The van der Waals surface area contributed by atoms with E-state index in [2.05, 4.69) is 297 Å². The smallest absolute Gasteiger partial charge is 0.228 e. The Kier molecular flexibility index (Phi) is 21.3. The molecule has 0 saturated heterocycles. The lowest BCUT2D eigenvalue weighted by Gasteiger charge is -2.22. The monoisotopic (exact) mass is 1800 g/mol. The molecule has 5 aromatic heterocycles. The Bertz CT molecular complexity index is 9110. The van der Waals surface area contributed by atoms with Crippen LogP contribution in [0, 0.1) is 0 Å². The van der Waals surface area contributed by atoms with Gasteiger partial charge in [0.05, 0.1) is 16.6 Å². The number of nitrogens with zero attached hydrogens (tertiary/aromatic N) is 11. The van der Waals surface area contributed by atoms with Gasteiger partial charge in [-0.15, -0.1) is 0 Å². The maximum Gasteiger partial charge on any atom is 0.228 e. The largest absolute Gasteiger partial charge is 0.436 e. The van der Waals surface area contributed by atoms with Gasteiger partial charge in [0.15, 0.2) is 58.0 Å². The number of oxazole rings is 1. The zero-order valence-corrected chi connectivity index (χ0v) is 76.9. The molecule has 27 rings (SSSR count). The van der Waals surface area contributed by atoms with Crippen LogP contribution in [0.4, 0.5) is 0 Å². The van der Waals surface area contributed by atoms with Crippen molar-refractivity contribution in [3.8, 4) is 164 Å². The van der Waals surface area contributed by atoms with Crippen LogP contribution in [0.2, 0.25) is 0 Å². The van der Waals surface area contributed by atoms with Gasteiger partial charge in [0.25, 0.3) is 0 Å². The summed E-state index contributed by atoms with van der Waals surface area (Å²) in [6.07, 6.45) is 0. The highest BCUT2D eigenvalue weighted by molar-refractivity contribution is 6.16. The van der Waals surface area contributed by atoms with E-state index in [0.29, 0.717) is 58.3 Å². The van der Waals surface area contributed by atoms with Crippen molar-refractivity contribution in [2.24, 2.45) is 0 Å². The maximum atomic E-state index is 6.27. The number of hydrogen-bond donors (Lipinski definition) is 0. The normalized spacial score (nSPS) is 12.0. The molecule has 0 atom stereocenters. The van der Waals surface area contributed by atoms with Crippen molar-refractivity contribution in [3.63, 3.8) is 0 Å². The summed E-state index contributed by atoms with van der Waals surface area (Å²) < 4.78 is 8.66. The standard InChI is InChI=1S/C50H35N3.C47H30N4.C32H20N4O/c1-50(2)44-24-14-13-23-40(44)41-27-26-35(31-45(41)50)36-29-30-42(39-22-12-11-21-38(36)39)46-37-20-10-9-15-32(37)25-28-43(46)49-52-47(33-16-5-3-6-17-33)51-48(53-49)34-18-7-4-8-19-34;1-3-14-33(15-4-1)45-48-46(34-16-5-2-6-17-34)50-47(49-45)40-28-25-31-13-9-10-20-38(31)44(40)32-23-26-37(27-24-32)51-42-22-12-11-21-39(42)41-29-35-18-7-8-19-36(35)30-43(41)51;1-3-12-22(13-4-1)29-34-30(23-14-5-2-6-15-23)36-31(35-29)25-20-19-21-11-7-8-16-24(21)28(25)32-33-26-17-9-10-18-27(26)37-32/h3-31H,1-2H3;1-30H;1-20H. The van der Waals surface area contributed by atoms with Crippen LogP contribution in [0.1, 0.15) is 25.0 Å². The van der Waals surface area contributed by atoms with Crippen LogP contribution < -0.4 is 0 Å². The molecule has 26 aromatic rings. The third kappa shape index (κ3) is 15.6. The molecule has 0 unspecified atom stereocenters. The lowest BCUT2D eigenvalue weighted by Crippen LogP contribution is -2.14. The highest BCUT2D eigenvalue weighted by atomic mass is 16.3. The molecule has 12 heteroatoms. The predicted molar refractivity (Wildman–Crippen MR) is 577 cm³/mol. The van der Waals surface area contributed by atoms with Gasteiger partial charge in [-0.3, -0.25) is 0 Å². The first kappa shape index (κ1) is 84.0. The highest BCUT2D eigenvalue weighted by Crippen LogP contribution is 2.52. The molecule has 0 bridgehead atoms. The van der Waals surface area contributed by atoms with Gasteiger partial charge in [-0.05, 0) is 165 Å². The van der Waals surface area contributed by atoms with Crippen molar-refractivity contribution < 1.29 is 4.42 Å². The Labute approximate surface area is 813 Å². The summed E-state index contributed by atoms with van der Waals surface area (Å²) >= 11 is 0. The molecule has 21 aromatic carbocycles. The van der Waals surface area contributed by atoms with Gasteiger partial charge in [0, 0.05) is 83.1 Å². The minimum absolute atomic E-state index is 0.0721. The first-order valence-corrected chi connectivity index (χ1v) is 47.5. The fourth-order valence-electron chi connectivity index (χ4n) is 20.3. The van der Waals surface area contributed by atoms with Gasteiger partial charge in [0.2, 0.25) is 5.89 Å². The topological polar surface area (TPSA) is 147 Å². The molecule has 0 amide bonds. The summed E-state index contributed by atoms with van der Waals surface area (Å²) in [7, 11) is 0. The zero-order chi connectivity index (χ0) is 93.9. The van der Waals surface area contributed by atoms with Gasteiger partial charge in [-0.1, -0.05) is 426 Å². The van der Waals surface area contributed by atoms with Crippen LogP contribution >= 0.6 is 0 Å². The molecule has 0 spiro atoms. The average Bonchev–Trinajstić information content (AvgIpc) is 1.65. The molecular formula is C129H85N11O. The van der Waals surface area contributed by atoms with Crippen molar-refractivity contribution in [2.45, 2.75) is 19.3 Å². The molecule has 0 fully saturated rings. The first-order valence-electron chi connectivity index (χ1n) is 47.5. The molecule has 0 saturated carbocycles. The molecule has 12 nitrogen and oxygen atoms in total. The van der Waals surface area contributed by atoms with E-state index in [4.69, 9.17) is 54.3 Å². The van der Waals surface area contributed by atoms with Crippen LogP contribution in [-0.4, -0.2) is 54.4 Å². The number of para-hydroxylation sites is 3. The molecule has 0 N–H and O–H groups in total. The fourth-order valence-corrected chi connectivity index (χ4v) is 20.3. The number of hydrogen-bond acceptors (Lipinski definition) is 11. The molecular weight excluding hydrogens is 1720 g/mol. The predicted octanol–water partition coefficient (Wildman–Crippen LogP) is 32.6. The van der Waals surface area contributed by atoms with E-state index in [9.17, 15) is 0 Å². The SMILES string of the molecule is CC1(C)c2ccccc2-c2ccc(-c3ccc(-c4c(-c5nc(-c6ccccc6)nc(-c6ccccc6)n5)ccc5ccccc45)c4ccccc34)cc21.c1ccc(-c2nc(-c3ccccc3)nc(-c3ccc4ccccc4c3-c3ccc(-n4c5ccccc5c5cc6ccccc6cc54)cc3)n2)cc1.c1ccc(-c2nc(-c3ccccc3)nc(-c3ccc4ccccc4c3-c3nc4ccccc4o3)n2)cc1. The number of aromatic nitrogens is 11. The molecule has 0 radical (unpaired) electrons. The average molecular weight is 1810 g/mol. The van der Waals surface area contributed by atoms with Gasteiger partial charge in [0.1, 0.15) is 5.52 Å². The minimum Gasteiger partial charge on any atom is -0.436 e. The van der Waals surface area contributed by atoms with Crippen LogP contribution in [0.15, 0.2) is 484 Å². The first-order chi connectivity index (χ1) is 69.7. The molecule has 1 aliphatic carbocycles. The van der Waals surface area contributed by atoms with E-state index in [1.165, 1.54) is 82.1 Å². The Morgan fingerprint density at radius 3 is 1.02 bits per heavy atom. The lowest BCUT2D eigenvalue weighted by molar-refractivity contribution is 0.621. The summed E-state index contributed by atoms with van der Waals surface area (Å²) in [6.45, 7) is 4.69. The third-order valence-corrected chi connectivity index (χ3v) is 27.2. The van der Waals surface area contributed by atoms with Crippen molar-refractivity contribution >= 4 is 86.8 Å². The van der Waals surface area contributed by atoms with E-state index < -0.39 is 0 Å². The van der Waals surface area contributed by atoms with Crippen molar-refractivity contribution in [1.29, 1.82) is 0 Å². The van der Waals surface area contributed by atoms with E-state index >= 15 is 0 Å². The summed E-state index contributed by atoms with van der Waals surface area (Å²) in [5.74, 6) is 6.20. The van der Waals surface area contributed by atoms with Gasteiger partial charge >= 0.3 is 0 Å². The lowest BCUT2D eigenvalue weighted by atomic mass is 9.81. The highest BCUT2D eigenvalue weighted by Gasteiger charge is 2.36. The minimum atomic E-state index is -0.0721. The van der Waals surface area contributed by atoms with Crippen molar-refractivity contribution in [2.75, 3.05) is 0 Å². The summed E-state index contributed by atoms with van der Waals surface area (Å²) in [4.78, 5) is 50.1. The Balaban J connectivity index is 0.000000113. The Morgan fingerprint density at radius 1 is 0.191 bits per heavy atom. The van der Waals surface area contributed by atoms with Crippen molar-refractivity contribution in [3.05, 3.63) is 490 Å². The fraction of sp³-hybridized carbons (Fsp3) is 0.0233. The molecule has 0 aliphatic heterocycles. The maximum absolute atomic E-state index is 6.27. The molecule has 5 heterocycles. The van der Waals surface area contributed by atoms with Crippen LogP contribution in [0.5, 0.6) is 0 Å². The third-order valence-electron chi connectivity index (χ3n) is 27.2.